The molecule has 100 valence electrons. The minimum atomic E-state index is -1.15. The number of benzene rings is 1. The van der Waals surface area contributed by atoms with E-state index in [1.54, 1.807) is 6.92 Å². The number of aliphatic hydroxyl groups is 3. The van der Waals surface area contributed by atoms with Crippen molar-refractivity contribution in [2.45, 2.75) is 42.5 Å². The van der Waals surface area contributed by atoms with Gasteiger partial charge in [0.25, 0.3) is 0 Å². The summed E-state index contributed by atoms with van der Waals surface area (Å²) in [6.07, 6.45) is -3.72. The van der Waals surface area contributed by atoms with E-state index in [0.717, 1.165) is 5.56 Å². The van der Waals surface area contributed by atoms with Crippen molar-refractivity contribution in [1.29, 1.82) is 0 Å². The Kier molecular flexibility index (Phi) is 4.64. The fraction of sp³-hybridized carbons (Fsp3) is 0.538. The second-order valence-electron chi connectivity index (χ2n) is 4.48. The van der Waals surface area contributed by atoms with Gasteiger partial charge >= 0.3 is 0 Å². The van der Waals surface area contributed by atoms with E-state index in [4.69, 9.17) is 4.74 Å². The van der Waals surface area contributed by atoms with Crippen LogP contribution in [0.4, 0.5) is 0 Å². The maximum absolute atomic E-state index is 9.85. The molecular weight excluding hydrogens is 252 g/mol. The highest BCUT2D eigenvalue weighted by Crippen LogP contribution is 2.30. The first kappa shape index (κ1) is 13.8. The monoisotopic (exact) mass is 270 g/mol. The summed E-state index contributed by atoms with van der Waals surface area (Å²) in [6, 6.07) is 9.85. The molecule has 0 amide bonds. The SMILES string of the molecule is C[C@H]1O[C@@H](SCc2ccccc2)[C@H](O)[C@@H](O)[C@@H]1O. The van der Waals surface area contributed by atoms with E-state index in [1.165, 1.54) is 11.8 Å². The van der Waals surface area contributed by atoms with Crippen LogP contribution in [0.3, 0.4) is 0 Å². The molecule has 1 aromatic carbocycles. The number of ether oxygens (including phenoxy) is 1. The number of hydrogen-bond acceptors (Lipinski definition) is 5. The van der Waals surface area contributed by atoms with E-state index in [0.29, 0.717) is 5.75 Å². The Bertz CT molecular complexity index is 373. The first-order valence-electron chi connectivity index (χ1n) is 5.95. The Labute approximate surface area is 111 Å². The zero-order valence-corrected chi connectivity index (χ0v) is 11.0. The number of aliphatic hydroxyl groups excluding tert-OH is 3. The van der Waals surface area contributed by atoms with Gasteiger partial charge in [-0.25, -0.2) is 0 Å². The summed E-state index contributed by atoms with van der Waals surface area (Å²) >= 11 is 1.42. The summed E-state index contributed by atoms with van der Waals surface area (Å²) in [6.45, 7) is 1.69. The van der Waals surface area contributed by atoms with Gasteiger partial charge in [0.15, 0.2) is 0 Å². The highest BCUT2D eigenvalue weighted by Gasteiger charge is 2.41. The van der Waals surface area contributed by atoms with Crippen LogP contribution in [0.15, 0.2) is 30.3 Å². The lowest BCUT2D eigenvalue weighted by atomic mass is 10.0. The standard InChI is InChI=1S/C13H18O4S/c1-8-10(14)11(15)12(16)13(17-8)18-7-9-5-3-2-4-6-9/h2-6,8,10-16H,7H2,1H3/t8-,10-,11+,12-,13+/m1/s1. The van der Waals surface area contributed by atoms with Crippen molar-refractivity contribution in [2.75, 3.05) is 0 Å². The molecule has 1 aromatic rings. The van der Waals surface area contributed by atoms with Gasteiger partial charge in [0.05, 0.1) is 6.10 Å². The van der Waals surface area contributed by atoms with Gasteiger partial charge in [-0.2, -0.15) is 0 Å². The zero-order chi connectivity index (χ0) is 13.1. The van der Waals surface area contributed by atoms with Crippen LogP contribution in [-0.2, 0) is 10.5 Å². The lowest BCUT2D eigenvalue weighted by molar-refractivity contribution is -0.192. The molecular formula is C13H18O4S. The summed E-state index contributed by atoms with van der Waals surface area (Å²) in [5.41, 5.74) is 0.616. The Morgan fingerprint density at radius 3 is 2.39 bits per heavy atom. The van der Waals surface area contributed by atoms with Crippen LogP contribution in [0.1, 0.15) is 12.5 Å². The number of hydrogen-bond donors (Lipinski definition) is 3. The molecule has 3 N–H and O–H groups in total. The Hall–Kier alpha value is -0.590. The van der Waals surface area contributed by atoms with Crippen molar-refractivity contribution in [1.82, 2.24) is 0 Å². The minimum Gasteiger partial charge on any atom is -0.388 e. The van der Waals surface area contributed by atoms with E-state index in [-0.39, 0.29) is 0 Å². The number of rotatable bonds is 3. The highest BCUT2D eigenvalue weighted by atomic mass is 32.2. The van der Waals surface area contributed by atoms with Crippen LogP contribution in [0, 0.1) is 0 Å². The molecule has 1 aliphatic heterocycles. The van der Waals surface area contributed by atoms with Crippen molar-refractivity contribution in [3.05, 3.63) is 35.9 Å². The fourth-order valence-electron chi connectivity index (χ4n) is 1.90. The average molecular weight is 270 g/mol. The third-order valence-electron chi connectivity index (χ3n) is 3.07. The van der Waals surface area contributed by atoms with Crippen molar-refractivity contribution in [3.63, 3.8) is 0 Å². The zero-order valence-electron chi connectivity index (χ0n) is 10.1. The first-order valence-corrected chi connectivity index (χ1v) is 6.99. The van der Waals surface area contributed by atoms with Crippen LogP contribution >= 0.6 is 11.8 Å². The molecule has 18 heavy (non-hydrogen) atoms. The van der Waals surface area contributed by atoms with Gasteiger partial charge in [0.1, 0.15) is 23.7 Å². The summed E-state index contributed by atoms with van der Waals surface area (Å²) in [5, 5.41) is 29.1. The van der Waals surface area contributed by atoms with Gasteiger partial charge < -0.3 is 20.1 Å². The largest absolute Gasteiger partial charge is 0.388 e. The minimum absolute atomic E-state index is 0.475. The van der Waals surface area contributed by atoms with Gasteiger partial charge in [-0.15, -0.1) is 11.8 Å². The normalized spacial score (nSPS) is 36.6. The quantitative estimate of drug-likeness (QED) is 0.756. The Balaban J connectivity index is 1.93. The van der Waals surface area contributed by atoms with Gasteiger partial charge in [-0.3, -0.25) is 0 Å². The molecule has 0 saturated carbocycles. The van der Waals surface area contributed by atoms with Crippen molar-refractivity contribution >= 4 is 11.8 Å². The molecule has 1 heterocycles. The van der Waals surface area contributed by atoms with Crippen molar-refractivity contribution < 1.29 is 20.1 Å². The van der Waals surface area contributed by atoms with Crippen molar-refractivity contribution in [2.24, 2.45) is 0 Å². The maximum atomic E-state index is 9.85. The van der Waals surface area contributed by atoms with Gasteiger partial charge in [-0.1, -0.05) is 30.3 Å². The molecule has 0 unspecified atom stereocenters. The highest BCUT2D eigenvalue weighted by molar-refractivity contribution is 7.99. The molecule has 0 spiro atoms. The fourth-order valence-corrected chi connectivity index (χ4v) is 3.06. The second kappa shape index (κ2) is 6.04. The summed E-state index contributed by atoms with van der Waals surface area (Å²) in [4.78, 5) is 0. The summed E-state index contributed by atoms with van der Waals surface area (Å²) in [7, 11) is 0. The summed E-state index contributed by atoms with van der Waals surface area (Å²) in [5.74, 6) is 0.693. The van der Waals surface area contributed by atoms with E-state index in [1.807, 2.05) is 30.3 Å². The maximum Gasteiger partial charge on any atom is 0.132 e. The third-order valence-corrected chi connectivity index (χ3v) is 4.28. The van der Waals surface area contributed by atoms with Crippen LogP contribution < -0.4 is 0 Å². The van der Waals surface area contributed by atoms with Crippen LogP contribution in [-0.4, -0.2) is 45.2 Å². The molecule has 0 aromatic heterocycles. The lowest BCUT2D eigenvalue weighted by Crippen LogP contribution is -2.55. The molecule has 1 saturated heterocycles. The molecule has 0 aliphatic carbocycles. The topological polar surface area (TPSA) is 69.9 Å². The van der Waals surface area contributed by atoms with E-state index >= 15 is 0 Å². The Morgan fingerprint density at radius 2 is 1.72 bits per heavy atom. The third kappa shape index (κ3) is 3.05. The smallest absolute Gasteiger partial charge is 0.132 e. The van der Waals surface area contributed by atoms with E-state index in [9.17, 15) is 15.3 Å². The molecule has 1 aliphatic rings. The molecule has 5 heteroatoms. The van der Waals surface area contributed by atoms with Crippen LogP contribution in [0.25, 0.3) is 0 Å². The second-order valence-corrected chi connectivity index (χ2v) is 5.56. The predicted octanol–water partition coefficient (Wildman–Crippen LogP) is 0.747. The molecule has 0 bridgehead atoms. The Morgan fingerprint density at radius 1 is 1.06 bits per heavy atom. The first-order chi connectivity index (χ1) is 8.59. The molecule has 0 radical (unpaired) electrons. The molecule has 1 fully saturated rings. The molecule has 2 rings (SSSR count). The van der Waals surface area contributed by atoms with Crippen molar-refractivity contribution in [3.8, 4) is 0 Å². The van der Waals surface area contributed by atoms with Crippen LogP contribution in [0.2, 0.25) is 0 Å². The number of thioether (sulfide) groups is 1. The van der Waals surface area contributed by atoms with Gasteiger partial charge in [0.2, 0.25) is 0 Å². The van der Waals surface area contributed by atoms with Gasteiger partial charge in [-0.05, 0) is 12.5 Å². The molecule has 5 atom stereocenters. The molecule has 4 nitrogen and oxygen atoms in total. The van der Waals surface area contributed by atoms with E-state index in [2.05, 4.69) is 0 Å². The summed E-state index contributed by atoms with van der Waals surface area (Å²) < 4.78 is 5.51. The van der Waals surface area contributed by atoms with Gasteiger partial charge in [0, 0.05) is 5.75 Å². The average Bonchev–Trinajstić information content (AvgIpc) is 2.40. The lowest BCUT2D eigenvalue weighted by Gasteiger charge is -2.39. The van der Waals surface area contributed by atoms with Crippen LogP contribution in [0.5, 0.6) is 0 Å². The van der Waals surface area contributed by atoms with E-state index < -0.39 is 29.9 Å². The predicted molar refractivity (Wildman–Crippen MR) is 70.1 cm³/mol.